The number of hydrogen-bond donors (Lipinski definition) is 1. The van der Waals surface area contributed by atoms with Crippen molar-refractivity contribution in [1.29, 1.82) is 0 Å². The average molecular weight is 200 g/mol. The molecule has 0 aromatic carbocycles. The second kappa shape index (κ2) is 4.53. The minimum atomic E-state index is 0.504. The van der Waals surface area contributed by atoms with Crippen LogP contribution in [0, 0.1) is 6.92 Å². The van der Waals surface area contributed by atoms with E-state index in [1.54, 1.807) is 0 Å². The van der Waals surface area contributed by atoms with Gasteiger partial charge in [0.25, 0.3) is 0 Å². The zero-order chi connectivity index (χ0) is 9.84. The van der Waals surface area contributed by atoms with E-state index >= 15 is 0 Å². The molecule has 13 heavy (non-hydrogen) atoms. The number of likely N-dealkylation sites (N-methyl/N-ethyl adjacent to an activating group) is 1. The fourth-order valence-electron chi connectivity index (χ4n) is 0.786. The van der Waals surface area contributed by atoms with Gasteiger partial charge in [-0.2, -0.15) is 4.37 Å². The van der Waals surface area contributed by atoms with E-state index < -0.39 is 0 Å². The van der Waals surface area contributed by atoms with Crippen LogP contribution in [0.1, 0.15) is 12.7 Å². The fourth-order valence-corrected chi connectivity index (χ4v) is 1.37. The lowest BCUT2D eigenvalue weighted by Gasteiger charge is -2.19. The number of aromatic nitrogens is 2. The topological polar surface area (TPSA) is 41.1 Å². The molecular formula is C8H16N4S. The van der Waals surface area contributed by atoms with Crippen LogP contribution in [0.2, 0.25) is 0 Å². The minimum Gasteiger partial charge on any atom is -0.359 e. The molecule has 0 fully saturated rings. The van der Waals surface area contributed by atoms with E-state index in [2.05, 4.69) is 40.6 Å². The summed E-state index contributed by atoms with van der Waals surface area (Å²) >= 11 is 1.41. The lowest BCUT2D eigenvalue weighted by Crippen LogP contribution is -2.31. The number of hydrogen-bond acceptors (Lipinski definition) is 5. The first-order chi connectivity index (χ1) is 6.09. The van der Waals surface area contributed by atoms with E-state index in [0.717, 1.165) is 17.5 Å². The number of rotatable bonds is 4. The van der Waals surface area contributed by atoms with Crippen molar-refractivity contribution in [2.45, 2.75) is 19.9 Å². The smallest absolute Gasteiger partial charge is 0.202 e. The highest BCUT2D eigenvalue weighted by atomic mass is 32.1. The van der Waals surface area contributed by atoms with Gasteiger partial charge in [-0.3, -0.25) is 0 Å². The zero-order valence-corrected chi connectivity index (χ0v) is 9.35. The molecule has 1 heterocycles. The number of aryl methyl sites for hydroxylation is 1. The van der Waals surface area contributed by atoms with E-state index in [1.165, 1.54) is 11.5 Å². The molecule has 1 aromatic heterocycles. The molecule has 0 saturated carbocycles. The van der Waals surface area contributed by atoms with Crippen molar-refractivity contribution in [3.05, 3.63) is 5.82 Å². The zero-order valence-electron chi connectivity index (χ0n) is 8.53. The maximum Gasteiger partial charge on any atom is 0.202 e. The second-order valence-electron chi connectivity index (χ2n) is 3.34. The van der Waals surface area contributed by atoms with Crippen LogP contribution >= 0.6 is 11.5 Å². The predicted molar refractivity (Wildman–Crippen MR) is 56.3 cm³/mol. The van der Waals surface area contributed by atoms with Crippen LogP contribution in [0.25, 0.3) is 0 Å². The molecule has 0 aliphatic carbocycles. The Kier molecular flexibility index (Phi) is 3.62. The Morgan fingerprint density at radius 2 is 2.23 bits per heavy atom. The van der Waals surface area contributed by atoms with Crippen LogP contribution in [0.5, 0.6) is 0 Å². The largest absolute Gasteiger partial charge is 0.359 e. The maximum atomic E-state index is 4.22. The molecule has 74 valence electrons. The first-order valence-corrected chi connectivity index (χ1v) is 5.07. The van der Waals surface area contributed by atoms with Gasteiger partial charge in [-0.05, 0) is 27.9 Å². The molecule has 0 amide bonds. The van der Waals surface area contributed by atoms with Gasteiger partial charge in [0, 0.05) is 24.1 Å². The number of anilines is 1. The number of nitrogens with zero attached hydrogens (tertiary/aromatic N) is 3. The van der Waals surface area contributed by atoms with Crippen LogP contribution in [0.3, 0.4) is 0 Å². The van der Waals surface area contributed by atoms with Gasteiger partial charge < -0.3 is 10.2 Å². The molecule has 4 nitrogen and oxygen atoms in total. The summed E-state index contributed by atoms with van der Waals surface area (Å²) in [5.41, 5.74) is 0. The summed E-state index contributed by atoms with van der Waals surface area (Å²) < 4.78 is 4.09. The van der Waals surface area contributed by atoms with Gasteiger partial charge in [-0.15, -0.1) is 0 Å². The van der Waals surface area contributed by atoms with Gasteiger partial charge in [0.1, 0.15) is 5.82 Å². The highest BCUT2D eigenvalue weighted by Crippen LogP contribution is 2.09. The van der Waals surface area contributed by atoms with E-state index in [9.17, 15) is 0 Å². The Morgan fingerprint density at radius 1 is 1.54 bits per heavy atom. The van der Waals surface area contributed by atoms with Crippen molar-refractivity contribution >= 4 is 16.7 Å². The summed E-state index contributed by atoms with van der Waals surface area (Å²) in [6.45, 7) is 4.97. The lowest BCUT2D eigenvalue weighted by molar-refractivity contribution is 0.326. The molecule has 1 unspecified atom stereocenters. The van der Waals surface area contributed by atoms with Gasteiger partial charge in [0.15, 0.2) is 0 Å². The molecule has 0 saturated heterocycles. The van der Waals surface area contributed by atoms with Gasteiger partial charge in [0.05, 0.1) is 0 Å². The number of nitrogens with one attached hydrogen (secondary N) is 1. The molecule has 1 rings (SSSR count). The molecule has 1 aromatic rings. The van der Waals surface area contributed by atoms with Crippen molar-refractivity contribution in [3.8, 4) is 0 Å². The van der Waals surface area contributed by atoms with Gasteiger partial charge in [0.2, 0.25) is 5.13 Å². The highest BCUT2D eigenvalue weighted by molar-refractivity contribution is 7.09. The van der Waals surface area contributed by atoms with Crippen LogP contribution < -0.4 is 5.32 Å². The van der Waals surface area contributed by atoms with Crippen LogP contribution in [0.4, 0.5) is 5.13 Å². The highest BCUT2D eigenvalue weighted by Gasteiger charge is 2.05. The molecule has 0 aliphatic rings. The van der Waals surface area contributed by atoms with Gasteiger partial charge >= 0.3 is 0 Å². The summed E-state index contributed by atoms with van der Waals surface area (Å²) in [4.78, 5) is 6.39. The lowest BCUT2D eigenvalue weighted by atomic mass is 10.3. The van der Waals surface area contributed by atoms with Crippen molar-refractivity contribution in [2.24, 2.45) is 0 Å². The van der Waals surface area contributed by atoms with E-state index in [4.69, 9.17) is 0 Å². The molecule has 5 heteroatoms. The molecule has 0 radical (unpaired) electrons. The van der Waals surface area contributed by atoms with E-state index in [0.29, 0.717) is 6.04 Å². The normalized spacial score (nSPS) is 13.3. The standard InChI is InChI=1S/C8H16N4S/c1-6(12(3)4)5-9-8-10-7(2)11-13-8/h6H,5H2,1-4H3,(H,9,10,11). The maximum absolute atomic E-state index is 4.22. The van der Waals surface area contributed by atoms with Gasteiger partial charge in [-0.1, -0.05) is 0 Å². The molecular weight excluding hydrogens is 184 g/mol. The first kappa shape index (κ1) is 10.4. The summed E-state index contributed by atoms with van der Waals surface area (Å²) in [5.74, 6) is 0.838. The van der Waals surface area contributed by atoms with E-state index in [1.807, 2.05) is 6.92 Å². The Balaban J connectivity index is 2.35. The van der Waals surface area contributed by atoms with Gasteiger partial charge in [-0.25, -0.2) is 4.98 Å². The third-order valence-corrected chi connectivity index (χ3v) is 2.72. The van der Waals surface area contributed by atoms with E-state index in [-0.39, 0.29) is 0 Å². The molecule has 0 aliphatic heterocycles. The average Bonchev–Trinajstić information content (AvgIpc) is 2.47. The molecule has 1 atom stereocenters. The van der Waals surface area contributed by atoms with Crippen molar-refractivity contribution in [2.75, 3.05) is 26.0 Å². The van der Waals surface area contributed by atoms with Crippen molar-refractivity contribution < 1.29 is 0 Å². The Labute approximate surface area is 83.2 Å². The summed E-state index contributed by atoms with van der Waals surface area (Å²) in [7, 11) is 4.13. The Hall–Kier alpha value is -0.680. The fraction of sp³-hybridized carbons (Fsp3) is 0.750. The third kappa shape index (κ3) is 3.28. The van der Waals surface area contributed by atoms with Crippen LogP contribution in [-0.4, -0.2) is 40.9 Å². The van der Waals surface area contributed by atoms with Crippen LogP contribution in [-0.2, 0) is 0 Å². The predicted octanol–water partition coefficient (Wildman–Crippen LogP) is 1.21. The summed E-state index contributed by atoms with van der Waals surface area (Å²) in [5, 5.41) is 4.16. The second-order valence-corrected chi connectivity index (χ2v) is 4.09. The molecule has 0 spiro atoms. The minimum absolute atomic E-state index is 0.504. The summed E-state index contributed by atoms with van der Waals surface area (Å²) in [6.07, 6.45) is 0. The molecule has 1 N–H and O–H groups in total. The van der Waals surface area contributed by atoms with Crippen molar-refractivity contribution in [3.63, 3.8) is 0 Å². The van der Waals surface area contributed by atoms with Crippen LogP contribution in [0.15, 0.2) is 0 Å². The monoisotopic (exact) mass is 200 g/mol. The van der Waals surface area contributed by atoms with Crippen molar-refractivity contribution in [1.82, 2.24) is 14.3 Å². The summed E-state index contributed by atoms with van der Waals surface area (Å²) in [6, 6.07) is 0.504. The molecule has 0 bridgehead atoms. The Bertz CT molecular complexity index is 258. The third-order valence-electron chi connectivity index (χ3n) is 1.96. The Morgan fingerprint density at radius 3 is 2.69 bits per heavy atom. The first-order valence-electron chi connectivity index (χ1n) is 4.30. The SMILES string of the molecule is Cc1nsc(NCC(C)N(C)C)n1. The quantitative estimate of drug-likeness (QED) is 0.793.